The maximum Gasteiger partial charge on any atom is 0.235 e. The van der Waals surface area contributed by atoms with Crippen LogP contribution in [-0.2, 0) is 19.2 Å². The molecule has 2 fully saturated rings. The summed E-state index contributed by atoms with van der Waals surface area (Å²) in [7, 11) is 5.95. The third-order valence-corrected chi connectivity index (χ3v) is 9.05. The fraction of sp³-hybridized carbons (Fsp3) is 0.414. The molecule has 1 aliphatic heterocycles. The molecule has 0 bridgehead atoms. The van der Waals surface area contributed by atoms with E-state index in [-0.39, 0.29) is 23.5 Å². The standard InChI is InChI=1S/C29H28N2O10/c1-31(2)20-13-9-12-17(26(35)29(13,38)27(36)19(22(20)34)28(30)37)21(33)18-14(32)7-5-10-11-6-8-15(39-3)25(40-4)24(11)41-23(12)16(10)18/h5-8,12-13,17,19-20,23,32,38H,9H2,1-4H3,(H2,30,37)/t12-,13-,17?,19?,20-,23?,29-/m1/s1. The lowest BCUT2D eigenvalue weighted by Gasteiger charge is -2.54. The third-order valence-electron chi connectivity index (χ3n) is 9.05. The number of carbonyl (C=O) groups excluding carboxylic acids is 5. The number of rotatable bonds is 4. The number of aliphatic hydroxyl groups is 1. The Labute approximate surface area is 234 Å². The minimum Gasteiger partial charge on any atom is -0.507 e. The SMILES string of the molecule is COc1ccc2c(c1OC)OC1c3c-2ccc(O)c3C(=O)C2C(=O)[C@@]3(O)C(=O)C(C(N)=O)C(=O)[C@H](N(C)C)[C@H]3C[C@H]21. The topological polar surface area (TPSA) is 183 Å². The first-order valence-electron chi connectivity index (χ1n) is 13.0. The normalized spacial score (nSPS) is 31.5. The van der Waals surface area contributed by atoms with Crippen LogP contribution >= 0.6 is 0 Å². The average molecular weight is 565 g/mol. The zero-order valence-electron chi connectivity index (χ0n) is 22.7. The minimum atomic E-state index is -2.84. The molecule has 6 rings (SSSR count). The van der Waals surface area contributed by atoms with Gasteiger partial charge in [0.2, 0.25) is 11.7 Å². The van der Waals surface area contributed by atoms with Crippen LogP contribution in [0.2, 0.25) is 0 Å². The monoisotopic (exact) mass is 564 g/mol. The van der Waals surface area contributed by atoms with Crippen molar-refractivity contribution in [1.29, 1.82) is 0 Å². The number of nitrogens with zero attached hydrogens (tertiary/aromatic N) is 1. The first-order chi connectivity index (χ1) is 19.4. The summed E-state index contributed by atoms with van der Waals surface area (Å²) in [6, 6.07) is 5.14. The molecule has 3 unspecified atom stereocenters. The van der Waals surface area contributed by atoms with E-state index in [2.05, 4.69) is 0 Å². The van der Waals surface area contributed by atoms with E-state index < -0.39 is 76.2 Å². The van der Waals surface area contributed by atoms with Gasteiger partial charge in [0.1, 0.15) is 11.9 Å². The van der Waals surface area contributed by atoms with Gasteiger partial charge >= 0.3 is 0 Å². The molecule has 0 saturated heterocycles. The molecule has 3 aliphatic carbocycles. The molecule has 2 aromatic carbocycles. The summed E-state index contributed by atoms with van der Waals surface area (Å²) in [5, 5.41) is 22.7. The van der Waals surface area contributed by atoms with Crippen LogP contribution in [0, 0.1) is 23.7 Å². The number of primary amides is 1. The van der Waals surface area contributed by atoms with E-state index in [9.17, 15) is 34.2 Å². The molecule has 2 aromatic rings. The summed E-state index contributed by atoms with van der Waals surface area (Å²) < 4.78 is 17.5. The summed E-state index contributed by atoms with van der Waals surface area (Å²) in [4.78, 5) is 68.7. The number of ether oxygens (including phenoxy) is 3. The van der Waals surface area contributed by atoms with Crippen LogP contribution in [0.4, 0.5) is 0 Å². The predicted octanol–water partition coefficient (Wildman–Crippen LogP) is 0.442. The molecule has 1 heterocycles. The van der Waals surface area contributed by atoms with Gasteiger partial charge in [-0.3, -0.25) is 28.9 Å². The van der Waals surface area contributed by atoms with Gasteiger partial charge in [0, 0.05) is 23.0 Å². The van der Waals surface area contributed by atoms with E-state index in [0.717, 1.165) is 0 Å². The molecular formula is C29H28N2O10. The van der Waals surface area contributed by atoms with Crippen molar-refractivity contribution in [2.75, 3.05) is 28.3 Å². The second-order valence-corrected chi connectivity index (χ2v) is 11.1. The number of hydrogen-bond acceptors (Lipinski definition) is 11. The van der Waals surface area contributed by atoms with Crippen LogP contribution in [0.3, 0.4) is 0 Å². The molecule has 12 heteroatoms. The van der Waals surface area contributed by atoms with E-state index in [4.69, 9.17) is 19.9 Å². The predicted molar refractivity (Wildman–Crippen MR) is 140 cm³/mol. The van der Waals surface area contributed by atoms with Crippen LogP contribution in [0.15, 0.2) is 24.3 Å². The Balaban J connectivity index is 1.58. The number of phenolic OH excluding ortho intramolecular Hbond substituents is 1. The highest BCUT2D eigenvalue weighted by Crippen LogP contribution is 2.60. The number of ketones is 4. The summed E-state index contributed by atoms with van der Waals surface area (Å²) in [5.41, 5.74) is 3.89. The van der Waals surface area contributed by atoms with Gasteiger partial charge in [-0.2, -0.15) is 0 Å². The van der Waals surface area contributed by atoms with Crippen LogP contribution < -0.4 is 19.9 Å². The fourth-order valence-corrected chi connectivity index (χ4v) is 7.36. The molecule has 2 saturated carbocycles. The summed E-state index contributed by atoms with van der Waals surface area (Å²) in [5.74, 6) is -10.7. The first kappa shape index (κ1) is 26.9. The zero-order chi connectivity index (χ0) is 29.7. The highest BCUT2D eigenvalue weighted by molar-refractivity contribution is 6.32. The Hall–Kier alpha value is -4.29. The van der Waals surface area contributed by atoms with Crippen molar-refractivity contribution in [3.63, 3.8) is 0 Å². The first-order valence-corrected chi connectivity index (χ1v) is 13.0. The van der Waals surface area contributed by atoms with Crippen molar-refractivity contribution in [2.45, 2.75) is 24.2 Å². The van der Waals surface area contributed by atoms with E-state index >= 15 is 0 Å². The van der Waals surface area contributed by atoms with Gasteiger partial charge in [-0.15, -0.1) is 0 Å². The molecule has 0 radical (unpaired) electrons. The number of aromatic hydroxyl groups is 1. The highest BCUT2D eigenvalue weighted by atomic mass is 16.5. The number of methoxy groups -OCH3 is 2. The molecular weight excluding hydrogens is 536 g/mol. The Morgan fingerprint density at radius 2 is 1.73 bits per heavy atom. The van der Waals surface area contributed by atoms with Gasteiger partial charge in [-0.05, 0) is 44.3 Å². The maximum atomic E-state index is 14.2. The van der Waals surface area contributed by atoms with Crippen LogP contribution in [0.25, 0.3) is 11.1 Å². The van der Waals surface area contributed by atoms with Gasteiger partial charge in [-0.25, -0.2) is 0 Å². The Kier molecular flexibility index (Phi) is 5.81. The number of Topliss-reactive ketones (excluding diaryl/α,β-unsaturated/α-hetero) is 4. The van der Waals surface area contributed by atoms with Crippen molar-refractivity contribution in [2.24, 2.45) is 29.4 Å². The van der Waals surface area contributed by atoms with E-state index in [0.29, 0.717) is 22.4 Å². The molecule has 0 spiro atoms. The number of amides is 1. The van der Waals surface area contributed by atoms with Crippen molar-refractivity contribution < 1.29 is 48.4 Å². The largest absolute Gasteiger partial charge is 0.507 e. The van der Waals surface area contributed by atoms with E-state index in [1.54, 1.807) is 18.2 Å². The Morgan fingerprint density at radius 3 is 2.34 bits per heavy atom. The number of benzene rings is 2. The molecule has 4 aliphatic rings. The number of nitrogens with two attached hydrogens (primary N) is 1. The van der Waals surface area contributed by atoms with Crippen molar-refractivity contribution in [3.8, 4) is 34.1 Å². The average Bonchev–Trinajstić information content (AvgIpc) is 2.92. The number of likely N-dealkylation sites (N-methyl/N-ethyl adjacent to an activating group) is 1. The summed E-state index contributed by atoms with van der Waals surface area (Å²) in [6.07, 6.45) is -1.16. The summed E-state index contributed by atoms with van der Waals surface area (Å²) >= 11 is 0. The lowest BCUT2D eigenvalue weighted by molar-refractivity contribution is -0.183. The Morgan fingerprint density at radius 1 is 1.05 bits per heavy atom. The van der Waals surface area contributed by atoms with Crippen molar-refractivity contribution >= 4 is 29.0 Å². The third kappa shape index (κ3) is 3.25. The van der Waals surface area contributed by atoms with Crippen LogP contribution in [-0.4, -0.2) is 84.1 Å². The van der Waals surface area contributed by atoms with Crippen molar-refractivity contribution in [1.82, 2.24) is 4.90 Å². The van der Waals surface area contributed by atoms with Crippen LogP contribution in [0.1, 0.15) is 28.4 Å². The Bertz CT molecular complexity index is 1580. The summed E-state index contributed by atoms with van der Waals surface area (Å²) in [6.45, 7) is 0. The second kappa shape index (κ2) is 8.85. The molecule has 41 heavy (non-hydrogen) atoms. The minimum absolute atomic E-state index is 0.153. The molecule has 4 N–H and O–H groups in total. The van der Waals surface area contributed by atoms with E-state index in [1.165, 1.54) is 39.3 Å². The van der Waals surface area contributed by atoms with Gasteiger partial charge in [-0.1, -0.05) is 6.07 Å². The van der Waals surface area contributed by atoms with Crippen LogP contribution in [0.5, 0.6) is 23.0 Å². The molecule has 7 atom stereocenters. The number of hydrogen-bond donors (Lipinski definition) is 3. The highest BCUT2D eigenvalue weighted by Gasteiger charge is 2.70. The quantitative estimate of drug-likeness (QED) is 0.438. The molecule has 1 amide bonds. The maximum absolute atomic E-state index is 14.2. The molecule has 214 valence electrons. The number of phenols is 1. The zero-order valence-corrected chi connectivity index (χ0v) is 22.7. The number of fused-ring (bicyclic) bond motifs is 5. The molecule has 0 aromatic heterocycles. The van der Waals surface area contributed by atoms with Crippen molar-refractivity contribution in [3.05, 3.63) is 35.4 Å². The number of carbonyl (C=O) groups is 5. The van der Waals surface area contributed by atoms with E-state index in [1.807, 2.05) is 0 Å². The lowest BCUT2D eigenvalue weighted by Crippen LogP contribution is -2.74. The van der Waals surface area contributed by atoms with Gasteiger partial charge < -0.3 is 30.2 Å². The smallest absolute Gasteiger partial charge is 0.235 e. The van der Waals surface area contributed by atoms with Gasteiger partial charge in [0.25, 0.3) is 0 Å². The fourth-order valence-electron chi connectivity index (χ4n) is 7.36. The lowest BCUT2D eigenvalue weighted by atomic mass is 9.51. The second-order valence-electron chi connectivity index (χ2n) is 11.1. The van der Waals surface area contributed by atoms with Gasteiger partial charge in [0.15, 0.2) is 46.2 Å². The molecule has 12 nitrogen and oxygen atoms in total. The van der Waals surface area contributed by atoms with Gasteiger partial charge in [0.05, 0.1) is 31.7 Å².